The summed E-state index contributed by atoms with van der Waals surface area (Å²) >= 11 is 1.64. The molecule has 0 saturated heterocycles. The highest BCUT2D eigenvalue weighted by atomic mass is 32.1. The Bertz CT molecular complexity index is 883. The third kappa shape index (κ3) is 2.90. The number of phenolic OH excluding ortho intramolecular Hbond substituents is 2. The highest BCUT2D eigenvalue weighted by molar-refractivity contribution is 7.19. The van der Waals surface area contributed by atoms with Crippen LogP contribution in [0.4, 0.5) is 0 Å². The number of thiophene rings is 1. The predicted molar refractivity (Wildman–Crippen MR) is 96.4 cm³/mol. The molecule has 4 nitrogen and oxygen atoms in total. The molecule has 0 aliphatic carbocycles. The smallest absolute Gasteiger partial charge is 0.161 e. The lowest BCUT2D eigenvalue weighted by Gasteiger charge is -2.06. The van der Waals surface area contributed by atoms with Crippen molar-refractivity contribution in [3.8, 4) is 43.9 Å². The summed E-state index contributed by atoms with van der Waals surface area (Å²) in [5.74, 6) is 1.15. The Morgan fingerprint density at radius 2 is 1.33 bits per heavy atom. The van der Waals surface area contributed by atoms with Gasteiger partial charge >= 0.3 is 0 Å². The zero-order chi connectivity index (χ0) is 17.3. The molecular weight excluding hydrogens is 324 g/mol. The Labute approximate surface area is 144 Å². The van der Waals surface area contributed by atoms with E-state index in [0.717, 1.165) is 26.4 Å². The van der Waals surface area contributed by atoms with Crippen molar-refractivity contribution in [3.63, 3.8) is 0 Å². The van der Waals surface area contributed by atoms with Crippen LogP contribution in [0.1, 0.15) is 5.56 Å². The van der Waals surface area contributed by atoms with E-state index < -0.39 is 0 Å². The standard InChI is InChI=1S/C19H18O4S/c1-11-8-18(12-4-6-14(20)16(9-12)22-2)24-19(11)13-5-7-15(21)17(10-13)23-3/h4-10,20-21H,1-3H3. The fourth-order valence-electron chi connectivity index (χ4n) is 2.56. The average molecular weight is 342 g/mol. The predicted octanol–water partition coefficient (Wildman–Crippen LogP) is 4.82. The van der Waals surface area contributed by atoms with Crippen LogP contribution >= 0.6 is 11.3 Å². The van der Waals surface area contributed by atoms with Gasteiger partial charge < -0.3 is 19.7 Å². The molecule has 24 heavy (non-hydrogen) atoms. The normalized spacial score (nSPS) is 10.6. The van der Waals surface area contributed by atoms with E-state index in [9.17, 15) is 10.2 Å². The van der Waals surface area contributed by atoms with Crippen LogP contribution in [0.25, 0.3) is 20.9 Å². The molecule has 0 spiro atoms. The number of benzene rings is 2. The van der Waals surface area contributed by atoms with Gasteiger partial charge in [-0.2, -0.15) is 0 Å². The van der Waals surface area contributed by atoms with Gasteiger partial charge in [0.05, 0.1) is 14.2 Å². The van der Waals surface area contributed by atoms with Crippen molar-refractivity contribution >= 4 is 11.3 Å². The van der Waals surface area contributed by atoms with Crippen LogP contribution in [0.2, 0.25) is 0 Å². The molecule has 3 rings (SSSR count). The lowest BCUT2D eigenvalue weighted by Crippen LogP contribution is -1.84. The molecule has 124 valence electrons. The second-order valence-electron chi connectivity index (χ2n) is 5.40. The van der Waals surface area contributed by atoms with E-state index in [1.165, 1.54) is 14.2 Å². The zero-order valence-electron chi connectivity index (χ0n) is 13.7. The fourth-order valence-corrected chi connectivity index (χ4v) is 3.73. The summed E-state index contributed by atoms with van der Waals surface area (Å²) in [7, 11) is 3.07. The molecular formula is C19H18O4S. The minimum absolute atomic E-state index is 0.123. The third-order valence-corrected chi connectivity index (χ3v) is 5.16. The summed E-state index contributed by atoms with van der Waals surface area (Å²) in [5, 5.41) is 19.5. The summed E-state index contributed by atoms with van der Waals surface area (Å²) in [4.78, 5) is 2.18. The van der Waals surface area contributed by atoms with Gasteiger partial charge in [0, 0.05) is 9.75 Å². The van der Waals surface area contributed by atoms with Crippen molar-refractivity contribution in [2.24, 2.45) is 0 Å². The molecule has 2 N–H and O–H groups in total. The quantitative estimate of drug-likeness (QED) is 0.714. The van der Waals surface area contributed by atoms with Crippen molar-refractivity contribution in [1.29, 1.82) is 0 Å². The van der Waals surface area contributed by atoms with E-state index in [0.29, 0.717) is 11.5 Å². The number of rotatable bonds is 4. The van der Waals surface area contributed by atoms with E-state index in [1.54, 1.807) is 23.5 Å². The Morgan fingerprint density at radius 3 is 1.92 bits per heavy atom. The van der Waals surface area contributed by atoms with Crippen LogP contribution in [-0.4, -0.2) is 24.4 Å². The molecule has 5 heteroatoms. The van der Waals surface area contributed by atoms with Crippen LogP contribution in [0.3, 0.4) is 0 Å². The van der Waals surface area contributed by atoms with Gasteiger partial charge in [-0.05, 0) is 66.1 Å². The van der Waals surface area contributed by atoms with Gasteiger partial charge in [-0.1, -0.05) is 0 Å². The molecule has 0 amide bonds. The summed E-state index contributed by atoms with van der Waals surface area (Å²) in [6.45, 7) is 2.05. The number of phenols is 2. The SMILES string of the molecule is COc1cc(-c2cc(C)c(-c3ccc(O)c(OC)c3)s2)ccc1O. The molecule has 0 aliphatic heterocycles. The first kappa shape index (κ1) is 16.2. The number of aromatic hydroxyl groups is 2. The Kier molecular flexibility index (Phi) is 4.36. The summed E-state index contributed by atoms with van der Waals surface area (Å²) in [6.07, 6.45) is 0. The maximum absolute atomic E-state index is 9.76. The van der Waals surface area contributed by atoms with Gasteiger partial charge in [-0.3, -0.25) is 0 Å². The Balaban J connectivity index is 2.05. The second kappa shape index (κ2) is 6.45. The number of aryl methyl sites for hydroxylation is 1. The first-order valence-corrected chi connectivity index (χ1v) is 8.20. The minimum atomic E-state index is 0.123. The van der Waals surface area contributed by atoms with Crippen molar-refractivity contribution in [3.05, 3.63) is 48.0 Å². The first-order valence-electron chi connectivity index (χ1n) is 7.38. The van der Waals surface area contributed by atoms with Gasteiger partial charge in [0.25, 0.3) is 0 Å². The number of methoxy groups -OCH3 is 2. The van der Waals surface area contributed by atoms with Gasteiger partial charge in [-0.25, -0.2) is 0 Å². The van der Waals surface area contributed by atoms with Crippen molar-refractivity contribution in [1.82, 2.24) is 0 Å². The minimum Gasteiger partial charge on any atom is -0.504 e. The van der Waals surface area contributed by atoms with Crippen LogP contribution < -0.4 is 9.47 Å². The second-order valence-corrected chi connectivity index (χ2v) is 6.45. The Hall–Kier alpha value is -2.66. The molecule has 0 saturated carbocycles. The topological polar surface area (TPSA) is 58.9 Å². The number of hydrogen-bond acceptors (Lipinski definition) is 5. The van der Waals surface area contributed by atoms with Gasteiger partial charge in [0.15, 0.2) is 23.0 Å². The molecule has 0 bridgehead atoms. The highest BCUT2D eigenvalue weighted by Crippen LogP contribution is 2.42. The molecule has 1 aromatic heterocycles. The molecule has 2 aromatic carbocycles. The van der Waals surface area contributed by atoms with Crippen molar-refractivity contribution in [2.45, 2.75) is 6.92 Å². The highest BCUT2D eigenvalue weighted by Gasteiger charge is 2.13. The van der Waals surface area contributed by atoms with Crippen LogP contribution in [0.15, 0.2) is 42.5 Å². The van der Waals surface area contributed by atoms with E-state index in [2.05, 4.69) is 6.07 Å². The molecule has 0 unspecified atom stereocenters. The van der Waals surface area contributed by atoms with E-state index >= 15 is 0 Å². The molecule has 0 radical (unpaired) electrons. The number of hydrogen-bond donors (Lipinski definition) is 2. The summed E-state index contributed by atoms with van der Waals surface area (Å²) in [5.41, 5.74) is 3.11. The van der Waals surface area contributed by atoms with Crippen LogP contribution in [0, 0.1) is 6.92 Å². The maximum atomic E-state index is 9.76. The van der Waals surface area contributed by atoms with E-state index in [4.69, 9.17) is 9.47 Å². The van der Waals surface area contributed by atoms with Crippen molar-refractivity contribution < 1.29 is 19.7 Å². The zero-order valence-corrected chi connectivity index (χ0v) is 14.5. The lowest BCUT2D eigenvalue weighted by atomic mass is 10.1. The Morgan fingerprint density at radius 1 is 0.792 bits per heavy atom. The van der Waals surface area contributed by atoms with Gasteiger partial charge in [0.1, 0.15) is 0 Å². The first-order chi connectivity index (χ1) is 11.5. The van der Waals surface area contributed by atoms with E-state index in [-0.39, 0.29) is 11.5 Å². The molecule has 0 atom stereocenters. The third-order valence-electron chi connectivity index (χ3n) is 3.82. The maximum Gasteiger partial charge on any atom is 0.161 e. The lowest BCUT2D eigenvalue weighted by molar-refractivity contribution is 0.373. The fraction of sp³-hybridized carbons (Fsp3) is 0.158. The summed E-state index contributed by atoms with van der Waals surface area (Å²) in [6, 6.07) is 12.8. The van der Waals surface area contributed by atoms with Gasteiger partial charge in [-0.15, -0.1) is 11.3 Å². The molecule has 1 heterocycles. The molecule has 0 fully saturated rings. The van der Waals surface area contributed by atoms with Gasteiger partial charge in [0.2, 0.25) is 0 Å². The number of ether oxygens (including phenoxy) is 2. The molecule has 3 aromatic rings. The molecule has 0 aliphatic rings. The van der Waals surface area contributed by atoms with Crippen LogP contribution in [0.5, 0.6) is 23.0 Å². The van der Waals surface area contributed by atoms with E-state index in [1.807, 2.05) is 31.2 Å². The average Bonchev–Trinajstić information content (AvgIpc) is 2.97. The van der Waals surface area contributed by atoms with Crippen LogP contribution in [-0.2, 0) is 0 Å². The van der Waals surface area contributed by atoms with Crippen molar-refractivity contribution in [2.75, 3.05) is 14.2 Å². The largest absolute Gasteiger partial charge is 0.504 e. The monoisotopic (exact) mass is 342 g/mol. The summed E-state index contributed by atoms with van der Waals surface area (Å²) < 4.78 is 10.4.